The van der Waals surface area contributed by atoms with Crippen LogP contribution in [-0.4, -0.2) is 18.2 Å². The van der Waals surface area contributed by atoms with E-state index in [-0.39, 0.29) is 0 Å². The summed E-state index contributed by atoms with van der Waals surface area (Å²) in [5.41, 5.74) is 1.51. The standard InChI is InChI=1S/C14H19NO/c16-13-4-2-1-3-12(13)14(7-8-14)11-5-9-15-10-6-11/h1-4,11,15-16H,5-10H2. The molecule has 0 radical (unpaired) electrons. The van der Waals surface area contributed by atoms with E-state index in [0.29, 0.717) is 11.2 Å². The van der Waals surface area contributed by atoms with Gasteiger partial charge in [0.1, 0.15) is 5.75 Å². The monoisotopic (exact) mass is 217 g/mol. The van der Waals surface area contributed by atoms with E-state index < -0.39 is 0 Å². The van der Waals surface area contributed by atoms with Gasteiger partial charge < -0.3 is 10.4 Å². The van der Waals surface area contributed by atoms with Crippen LogP contribution in [0.5, 0.6) is 5.75 Å². The molecule has 2 fully saturated rings. The van der Waals surface area contributed by atoms with Crippen LogP contribution in [0.25, 0.3) is 0 Å². The molecule has 1 saturated heterocycles. The van der Waals surface area contributed by atoms with Gasteiger partial charge in [0.2, 0.25) is 0 Å². The van der Waals surface area contributed by atoms with E-state index in [4.69, 9.17) is 0 Å². The molecule has 16 heavy (non-hydrogen) atoms. The Bertz CT molecular complexity index is 378. The van der Waals surface area contributed by atoms with E-state index in [0.717, 1.165) is 19.0 Å². The third kappa shape index (κ3) is 1.52. The average Bonchev–Trinajstić information content (AvgIpc) is 3.12. The van der Waals surface area contributed by atoms with Gasteiger partial charge in [-0.15, -0.1) is 0 Å². The van der Waals surface area contributed by atoms with Crippen molar-refractivity contribution in [1.29, 1.82) is 0 Å². The molecule has 2 nitrogen and oxygen atoms in total. The number of phenols is 1. The lowest BCUT2D eigenvalue weighted by atomic mass is 9.77. The van der Waals surface area contributed by atoms with Gasteiger partial charge in [0.15, 0.2) is 0 Å². The Balaban J connectivity index is 1.90. The van der Waals surface area contributed by atoms with E-state index in [1.165, 1.54) is 31.2 Å². The zero-order chi connectivity index (χ0) is 11.0. The zero-order valence-corrected chi connectivity index (χ0v) is 9.58. The molecule has 0 bridgehead atoms. The maximum absolute atomic E-state index is 10.0. The molecule has 1 aliphatic heterocycles. The van der Waals surface area contributed by atoms with Crippen LogP contribution in [-0.2, 0) is 5.41 Å². The highest BCUT2D eigenvalue weighted by atomic mass is 16.3. The number of rotatable bonds is 2. The number of hydrogen-bond donors (Lipinski definition) is 2. The summed E-state index contributed by atoms with van der Waals surface area (Å²) in [7, 11) is 0. The fourth-order valence-corrected chi connectivity index (χ4v) is 3.30. The first-order valence-electron chi connectivity index (χ1n) is 6.32. The van der Waals surface area contributed by atoms with E-state index in [1.54, 1.807) is 0 Å². The molecule has 0 aromatic heterocycles. The van der Waals surface area contributed by atoms with Crippen molar-refractivity contribution in [1.82, 2.24) is 5.32 Å². The summed E-state index contributed by atoms with van der Waals surface area (Å²) in [6.45, 7) is 2.28. The van der Waals surface area contributed by atoms with Gasteiger partial charge in [0.05, 0.1) is 0 Å². The Morgan fingerprint density at radius 2 is 1.81 bits per heavy atom. The third-order valence-electron chi connectivity index (χ3n) is 4.35. The molecule has 1 saturated carbocycles. The fraction of sp³-hybridized carbons (Fsp3) is 0.571. The predicted octanol–water partition coefficient (Wildman–Crippen LogP) is 2.42. The minimum atomic E-state index is 0.313. The van der Waals surface area contributed by atoms with E-state index in [9.17, 15) is 5.11 Å². The lowest BCUT2D eigenvalue weighted by molar-refractivity contribution is 0.297. The lowest BCUT2D eigenvalue weighted by Gasteiger charge is -2.31. The number of phenolic OH excluding ortho intramolecular Hbond substituents is 1. The second kappa shape index (κ2) is 3.77. The van der Waals surface area contributed by atoms with Crippen molar-refractivity contribution in [2.24, 2.45) is 5.92 Å². The van der Waals surface area contributed by atoms with Crippen LogP contribution in [0.1, 0.15) is 31.2 Å². The smallest absolute Gasteiger partial charge is 0.119 e. The molecule has 1 aromatic rings. The van der Waals surface area contributed by atoms with Gasteiger partial charge in [-0.2, -0.15) is 0 Å². The van der Waals surface area contributed by atoms with Crippen LogP contribution >= 0.6 is 0 Å². The van der Waals surface area contributed by atoms with Gasteiger partial charge in [0.25, 0.3) is 0 Å². The number of aromatic hydroxyl groups is 1. The minimum absolute atomic E-state index is 0.313. The summed E-state index contributed by atoms with van der Waals surface area (Å²) < 4.78 is 0. The van der Waals surface area contributed by atoms with Gasteiger partial charge in [0, 0.05) is 11.0 Å². The van der Waals surface area contributed by atoms with Crippen molar-refractivity contribution < 1.29 is 5.11 Å². The van der Waals surface area contributed by atoms with Crippen molar-refractivity contribution in [2.75, 3.05) is 13.1 Å². The van der Waals surface area contributed by atoms with Crippen LogP contribution in [0.3, 0.4) is 0 Å². The number of benzene rings is 1. The summed E-state index contributed by atoms with van der Waals surface area (Å²) in [5.74, 6) is 1.26. The van der Waals surface area contributed by atoms with Gasteiger partial charge in [-0.25, -0.2) is 0 Å². The van der Waals surface area contributed by atoms with Crippen molar-refractivity contribution in [3.05, 3.63) is 29.8 Å². The van der Waals surface area contributed by atoms with Crippen LogP contribution < -0.4 is 5.32 Å². The number of nitrogens with one attached hydrogen (secondary N) is 1. The van der Waals surface area contributed by atoms with Gasteiger partial charge in [-0.05, 0) is 50.8 Å². The van der Waals surface area contributed by atoms with Crippen LogP contribution in [0.4, 0.5) is 0 Å². The van der Waals surface area contributed by atoms with E-state index >= 15 is 0 Å². The van der Waals surface area contributed by atoms with Crippen molar-refractivity contribution in [3.8, 4) is 5.75 Å². The molecule has 86 valence electrons. The van der Waals surface area contributed by atoms with E-state index in [1.807, 2.05) is 12.1 Å². The molecule has 0 spiro atoms. The molecular formula is C14H19NO. The summed E-state index contributed by atoms with van der Waals surface area (Å²) in [6, 6.07) is 7.91. The molecule has 1 aromatic carbocycles. The molecular weight excluding hydrogens is 198 g/mol. The number of piperidine rings is 1. The maximum Gasteiger partial charge on any atom is 0.119 e. The van der Waals surface area contributed by atoms with Gasteiger partial charge in [-0.1, -0.05) is 18.2 Å². The van der Waals surface area contributed by atoms with E-state index in [2.05, 4.69) is 17.4 Å². The highest BCUT2D eigenvalue weighted by Crippen LogP contribution is 2.58. The molecule has 3 rings (SSSR count). The molecule has 0 amide bonds. The Morgan fingerprint density at radius 1 is 1.12 bits per heavy atom. The number of hydrogen-bond acceptors (Lipinski definition) is 2. The molecule has 0 unspecified atom stereocenters. The van der Waals surface area contributed by atoms with Crippen LogP contribution in [0.2, 0.25) is 0 Å². The molecule has 2 N–H and O–H groups in total. The Labute approximate surface area is 96.7 Å². The first-order valence-corrected chi connectivity index (χ1v) is 6.32. The van der Waals surface area contributed by atoms with Crippen LogP contribution in [0.15, 0.2) is 24.3 Å². The molecule has 1 heterocycles. The third-order valence-corrected chi connectivity index (χ3v) is 4.35. The van der Waals surface area contributed by atoms with Crippen LogP contribution in [0, 0.1) is 5.92 Å². The molecule has 1 aliphatic carbocycles. The largest absolute Gasteiger partial charge is 0.508 e. The summed E-state index contributed by atoms with van der Waals surface area (Å²) in [6.07, 6.45) is 5.03. The highest BCUT2D eigenvalue weighted by Gasteiger charge is 2.51. The average molecular weight is 217 g/mol. The molecule has 0 atom stereocenters. The Kier molecular flexibility index (Phi) is 2.40. The topological polar surface area (TPSA) is 32.3 Å². The SMILES string of the molecule is Oc1ccccc1C1(C2CCNCC2)CC1. The summed E-state index contributed by atoms with van der Waals surface area (Å²) >= 11 is 0. The Hall–Kier alpha value is -1.02. The summed E-state index contributed by atoms with van der Waals surface area (Å²) in [5, 5.41) is 13.4. The maximum atomic E-state index is 10.0. The minimum Gasteiger partial charge on any atom is -0.508 e. The second-order valence-corrected chi connectivity index (χ2v) is 5.20. The van der Waals surface area contributed by atoms with Gasteiger partial charge in [-0.3, -0.25) is 0 Å². The van der Waals surface area contributed by atoms with Crippen molar-refractivity contribution >= 4 is 0 Å². The van der Waals surface area contributed by atoms with Gasteiger partial charge >= 0.3 is 0 Å². The highest BCUT2D eigenvalue weighted by molar-refractivity contribution is 5.43. The second-order valence-electron chi connectivity index (χ2n) is 5.20. The first-order chi connectivity index (χ1) is 7.83. The van der Waals surface area contributed by atoms with Crippen molar-refractivity contribution in [3.63, 3.8) is 0 Å². The predicted molar refractivity (Wildman–Crippen MR) is 64.6 cm³/mol. The molecule has 2 heteroatoms. The lowest BCUT2D eigenvalue weighted by Crippen LogP contribution is -2.34. The molecule has 2 aliphatic rings. The normalized spacial score (nSPS) is 24.2. The first kappa shape index (κ1) is 10.2. The Morgan fingerprint density at radius 3 is 2.44 bits per heavy atom. The fourth-order valence-electron chi connectivity index (χ4n) is 3.30. The zero-order valence-electron chi connectivity index (χ0n) is 9.58. The summed E-state index contributed by atoms with van der Waals surface area (Å²) in [4.78, 5) is 0. The quantitative estimate of drug-likeness (QED) is 0.797. The number of para-hydroxylation sites is 1. The van der Waals surface area contributed by atoms with Crippen molar-refractivity contribution in [2.45, 2.75) is 31.1 Å².